The van der Waals surface area contributed by atoms with Crippen LogP contribution in [0.3, 0.4) is 0 Å². The molecule has 0 heterocycles. The second kappa shape index (κ2) is 6.70. The van der Waals surface area contributed by atoms with E-state index in [0.717, 1.165) is 0 Å². The molecular weight excluding hydrogens is 220 g/mol. The Bertz CT molecular complexity index is 384. The maximum absolute atomic E-state index is 10.5. The fourth-order valence-corrected chi connectivity index (χ4v) is 1.24. The van der Waals surface area contributed by atoms with Gasteiger partial charge in [0, 0.05) is 12.0 Å². The lowest BCUT2D eigenvalue weighted by Gasteiger charge is -2.12. The van der Waals surface area contributed by atoms with Gasteiger partial charge < -0.3 is 14.9 Å². The second-order valence-electron chi connectivity index (χ2n) is 3.66. The molecule has 4 nitrogen and oxygen atoms in total. The molecule has 0 radical (unpaired) electrons. The van der Waals surface area contributed by atoms with E-state index in [1.54, 1.807) is 18.2 Å². The number of benzene rings is 1. The lowest BCUT2D eigenvalue weighted by molar-refractivity contribution is -0.132. The third kappa shape index (κ3) is 5.17. The molecule has 0 amide bonds. The summed E-state index contributed by atoms with van der Waals surface area (Å²) in [5.74, 6) is -0.345. The van der Waals surface area contributed by atoms with E-state index in [9.17, 15) is 9.90 Å². The summed E-state index contributed by atoms with van der Waals surface area (Å²) in [6, 6.07) is 8.99. The van der Waals surface area contributed by atoms with E-state index in [2.05, 4.69) is 0 Å². The molecule has 4 heteroatoms. The number of aliphatic hydroxyl groups excluding tert-OH is 1. The zero-order valence-electron chi connectivity index (χ0n) is 9.67. The summed E-state index contributed by atoms with van der Waals surface area (Å²) in [5, 5.41) is 18.2. The molecule has 1 aromatic rings. The quantitative estimate of drug-likeness (QED) is 0.587. The zero-order chi connectivity index (χ0) is 12.7. The molecule has 1 unspecified atom stereocenters. The standard InChI is InChI=1S/C13H16O4/c1-10(13(15)16)6-5-9-12(14)17-11-7-3-2-4-8-11/h2-4,6-8,12,14H,5,9H2,1H3,(H,15,16). The molecule has 0 aliphatic rings. The summed E-state index contributed by atoms with van der Waals surface area (Å²) in [5.41, 5.74) is 0.275. The van der Waals surface area contributed by atoms with Crippen LogP contribution in [0.15, 0.2) is 42.0 Å². The highest BCUT2D eigenvalue weighted by atomic mass is 16.6. The lowest BCUT2D eigenvalue weighted by Crippen LogP contribution is -2.14. The van der Waals surface area contributed by atoms with Gasteiger partial charge in [-0.2, -0.15) is 0 Å². The van der Waals surface area contributed by atoms with Crippen molar-refractivity contribution in [1.82, 2.24) is 0 Å². The fourth-order valence-electron chi connectivity index (χ4n) is 1.24. The van der Waals surface area contributed by atoms with Crippen LogP contribution in [-0.2, 0) is 4.79 Å². The summed E-state index contributed by atoms with van der Waals surface area (Å²) in [4.78, 5) is 10.5. The van der Waals surface area contributed by atoms with Gasteiger partial charge in [-0.05, 0) is 25.5 Å². The SMILES string of the molecule is CC(=CCCC(O)Oc1ccccc1)C(=O)O. The van der Waals surface area contributed by atoms with Crippen LogP contribution in [0, 0.1) is 0 Å². The average molecular weight is 236 g/mol. The molecule has 0 aliphatic carbocycles. The van der Waals surface area contributed by atoms with E-state index in [1.165, 1.54) is 6.92 Å². The maximum Gasteiger partial charge on any atom is 0.330 e. The molecule has 1 rings (SSSR count). The van der Waals surface area contributed by atoms with E-state index in [4.69, 9.17) is 9.84 Å². The van der Waals surface area contributed by atoms with E-state index in [1.807, 2.05) is 18.2 Å². The van der Waals surface area contributed by atoms with Gasteiger partial charge in [-0.1, -0.05) is 24.3 Å². The normalized spacial score (nSPS) is 13.2. The molecule has 1 atom stereocenters. The first-order valence-corrected chi connectivity index (χ1v) is 5.39. The van der Waals surface area contributed by atoms with Gasteiger partial charge in [-0.15, -0.1) is 0 Å². The lowest BCUT2D eigenvalue weighted by atomic mass is 10.2. The van der Waals surface area contributed by atoms with Gasteiger partial charge in [0.05, 0.1) is 0 Å². The van der Waals surface area contributed by atoms with Crippen molar-refractivity contribution in [3.63, 3.8) is 0 Å². The Hall–Kier alpha value is -1.81. The van der Waals surface area contributed by atoms with Crippen molar-refractivity contribution >= 4 is 5.97 Å². The highest BCUT2D eigenvalue weighted by molar-refractivity contribution is 5.85. The van der Waals surface area contributed by atoms with Crippen LogP contribution in [0.5, 0.6) is 5.75 Å². The molecule has 92 valence electrons. The molecule has 1 aromatic carbocycles. The van der Waals surface area contributed by atoms with Crippen LogP contribution in [0.4, 0.5) is 0 Å². The van der Waals surface area contributed by atoms with Gasteiger partial charge in [0.15, 0.2) is 6.29 Å². The Morgan fingerprint density at radius 2 is 2.06 bits per heavy atom. The Morgan fingerprint density at radius 1 is 1.41 bits per heavy atom. The molecule has 0 fully saturated rings. The van der Waals surface area contributed by atoms with Crippen molar-refractivity contribution in [3.8, 4) is 5.75 Å². The molecule has 0 saturated carbocycles. The number of aliphatic carboxylic acids is 1. The average Bonchev–Trinajstić information content (AvgIpc) is 2.30. The van der Waals surface area contributed by atoms with E-state index < -0.39 is 12.3 Å². The van der Waals surface area contributed by atoms with Gasteiger partial charge in [-0.25, -0.2) is 4.79 Å². The van der Waals surface area contributed by atoms with Crippen molar-refractivity contribution in [2.45, 2.75) is 26.1 Å². The Morgan fingerprint density at radius 3 is 2.65 bits per heavy atom. The number of ether oxygens (including phenoxy) is 1. The van der Waals surface area contributed by atoms with Crippen LogP contribution in [-0.4, -0.2) is 22.5 Å². The summed E-state index contributed by atoms with van der Waals surface area (Å²) < 4.78 is 5.24. The fraction of sp³-hybridized carbons (Fsp3) is 0.308. The van der Waals surface area contributed by atoms with Crippen molar-refractivity contribution in [3.05, 3.63) is 42.0 Å². The van der Waals surface area contributed by atoms with Gasteiger partial charge in [0.1, 0.15) is 5.75 Å². The van der Waals surface area contributed by atoms with Crippen LogP contribution in [0.25, 0.3) is 0 Å². The number of hydrogen-bond acceptors (Lipinski definition) is 3. The molecule has 0 saturated heterocycles. The molecule has 0 aliphatic heterocycles. The van der Waals surface area contributed by atoms with Gasteiger partial charge in [0.2, 0.25) is 0 Å². The maximum atomic E-state index is 10.5. The minimum atomic E-state index is -0.941. The Balaban J connectivity index is 2.34. The number of rotatable bonds is 6. The first-order valence-electron chi connectivity index (χ1n) is 5.39. The summed E-state index contributed by atoms with van der Waals surface area (Å²) in [6.45, 7) is 1.52. The Labute approximate surface area is 100 Å². The molecule has 0 aromatic heterocycles. The monoisotopic (exact) mass is 236 g/mol. The largest absolute Gasteiger partial charge is 0.478 e. The smallest absolute Gasteiger partial charge is 0.330 e. The second-order valence-corrected chi connectivity index (χ2v) is 3.66. The van der Waals surface area contributed by atoms with Crippen LogP contribution in [0.1, 0.15) is 19.8 Å². The number of para-hydroxylation sites is 1. The van der Waals surface area contributed by atoms with Gasteiger partial charge >= 0.3 is 5.97 Å². The van der Waals surface area contributed by atoms with E-state index in [0.29, 0.717) is 18.6 Å². The van der Waals surface area contributed by atoms with Crippen molar-refractivity contribution in [2.24, 2.45) is 0 Å². The summed E-state index contributed by atoms with van der Waals surface area (Å²) >= 11 is 0. The first kappa shape index (κ1) is 13.3. The van der Waals surface area contributed by atoms with Crippen LogP contribution in [0.2, 0.25) is 0 Å². The van der Waals surface area contributed by atoms with Crippen molar-refractivity contribution in [1.29, 1.82) is 0 Å². The molecular formula is C13H16O4. The number of carboxylic acids is 1. The highest BCUT2D eigenvalue weighted by Gasteiger charge is 2.05. The first-order chi connectivity index (χ1) is 8.09. The predicted molar refractivity (Wildman–Crippen MR) is 63.7 cm³/mol. The zero-order valence-corrected chi connectivity index (χ0v) is 9.67. The van der Waals surface area contributed by atoms with Crippen molar-refractivity contribution in [2.75, 3.05) is 0 Å². The number of aliphatic hydroxyl groups is 1. The third-order valence-electron chi connectivity index (χ3n) is 2.22. The molecule has 17 heavy (non-hydrogen) atoms. The van der Waals surface area contributed by atoms with E-state index in [-0.39, 0.29) is 5.57 Å². The van der Waals surface area contributed by atoms with Crippen molar-refractivity contribution < 1.29 is 19.7 Å². The van der Waals surface area contributed by atoms with Crippen LogP contribution >= 0.6 is 0 Å². The molecule has 0 spiro atoms. The van der Waals surface area contributed by atoms with Crippen LogP contribution < -0.4 is 4.74 Å². The number of carbonyl (C=O) groups is 1. The topological polar surface area (TPSA) is 66.8 Å². The molecule has 2 N–H and O–H groups in total. The van der Waals surface area contributed by atoms with E-state index >= 15 is 0 Å². The predicted octanol–water partition coefficient (Wildman–Crippen LogP) is 2.19. The highest BCUT2D eigenvalue weighted by Crippen LogP contribution is 2.12. The van der Waals surface area contributed by atoms with Gasteiger partial charge in [0.25, 0.3) is 0 Å². The minimum Gasteiger partial charge on any atom is -0.478 e. The summed E-state index contributed by atoms with van der Waals surface area (Å²) in [6.07, 6.45) is 1.47. The number of allylic oxidation sites excluding steroid dienone is 1. The van der Waals surface area contributed by atoms with Gasteiger partial charge in [-0.3, -0.25) is 0 Å². The minimum absolute atomic E-state index is 0.275. The Kier molecular flexibility index (Phi) is 5.23. The number of hydrogen-bond donors (Lipinski definition) is 2. The summed E-state index contributed by atoms with van der Waals surface area (Å²) in [7, 11) is 0. The molecule has 0 bridgehead atoms. The third-order valence-corrected chi connectivity index (χ3v) is 2.22. The number of carboxylic acid groups (broad SMARTS) is 1.